The van der Waals surface area contributed by atoms with E-state index in [0.29, 0.717) is 11.5 Å². The fourth-order valence-corrected chi connectivity index (χ4v) is 4.01. The Kier molecular flexibility index (Phi) is 6.46. The molecule has 0 aromatic heterocycles. The summed E-state index contributed by atoms with van der Waals surface area (Å²) >= 11 is 2.11. The zero-order chi connectivity index (χ0) is 13.6. The molecule has 4 heteroatoms. The van der Waals surface area contributed by atoms with E-state index in [2.05, 4.69) is 35.8 Å². The van der Waals surface area contributed by atoms with Crippen molar-refractivity contribution in [3.63, 3.8) is 0 Å². The Bertz CT molecular complexity index is 247. The number of ether oxygens (including phenoxy) is 1. The van der Waals surface area contributed by atoms with Gasteiger partial charge in [0, 0.05) is 43.5 Å². The molecule has 1 atom stereocenters. The normalized spacial score (nSPS) is 30.5. The maximum atomic E-state index is 5.82. The molecule has 2 aliphatic heterocycles. The topological polar surface area (TPSA) is 24.5 Å². The number of hydrogen-bond donors (Lipinski definition) is 1. The molecule has 0 radical (unpaired) electrons. The monoisotopic (exact) mass is 286 g/mol. The van der Waals surface area contributed by atoms with Gasteiger partial charge in [-0.1, -0.05) is 13.8 Å². The molecular weight excluding hydrogens is 256 g/mol. The van der Waals surface area contributed by atoms with E-state index in [1.54, 1.807) is 0 Å². The molecule has 0 amide bonds. The van der Waals surface area contributed by atoms with Gasteiger partial charge in [-0.3, -0.25) is 0 Å². The quantitative estimate of drug-likeness (QED) is 0.837. The summed E-state index contributed by atoms with van der Waals surface area (Å²) in [7, 11) is 0. The molecule has 2 fully saturated rings. The minimum atomic E-state index is 0.345. The molecule has 2 rings (SSSR count). The van der Waals surface area contributed by atoms with Crippen LogP contribution >= 0.6 is 11.8 Å². The number of rotatable bonds is 5. The fraction of sp³-hybridized carbons (Fsp3) is 1.00. The molecule has 1 unspecified atom stereocenters. The van der Waals surface area contributed by atoms with Crippen molar-refractivity contribution in [2.75, 3.05) is 50.9 Å². The highest BCUT2D eigenvalue weighted by molar-refractivity contribution is 7.99. The third-order valence-electron chi connectivity index (χ3n) is 4.16. The van der Waals surface area contributed by atoms with Crippen LogP contribution in [-0.2, 0) is 4.74 Å². The van der Waals surface area contributed by atoms with Crippen LogP contribution in [0.15, 0.2) is 0 Å². The van der Waals surface area contributed by atoms with Crippen molar-refractivity contribution in [1.29, 1.82) is 0 Å². The molecular formula is C15H30N2OS. The highest BCUT2D eigenvalue weighted by atomic mass is 32.2. The predicted octanol–water partition coefficient (Wildman–Crippen LogP) is 2.22. The minimum Gasteiger partial charge on any atom is -0.381 e. The molecule has 0 bridgehead atoms. The maximum absolute atomic E-state index is 5.82. The summed E-state index contributed by atoms with van der Waals surface area (Å²) in [5, 5.41) is 3.65. The first-order valence-electron chi connectivity index (χ1n) is 7.81. The van der Waals surface area contributed by atoms with Crippen molar-refractivity contribution in [3.05, 3.63) is 0 Å². The molecule has 0 aliphatic carbocycles. The van der Waals surface area contributed by atoms with E-state index < -0.39 is 0 Å². The highest BCUT2D eigenvalue weighted by Crippen LogP contribution is 2.30. The lowest BCUT2D eigenvalue weighted by atomic mass is 9.81. The van der Waals surface area contributed by atoms with Crippen LogP contribution in [0.1, 0.15) is 33.1 Å². The maximum Gasteiger partial charge on any atom is 0.0546 e. The zero-order valence-electron chi connectivity index (χ0n) is 12.6. The van der Waals surface area contributed by atoms with E-state index in [1.165, 1.54) is 50.4 Å². The van der Waals surface area contributed by atoms with E-state index in [9.17, 15) is 0 Å². The largest absolute Gasteiger partial charge is 0.381 e. The van der Waals surface area contributed by atoms with Crippen LogP contribution < -0.4 is 5.32 Å². The van der Waals surface area contributed by atoms with Gasteiger partial charge in [-0.25, -0.2) is 0 Å². The van der Waals surface area contributed by atoms with Crippen molar-refractivity contribution in [2.45, 2.75) is 39.2 Å². The first-order valence-corrected chi connectivity index (χ1v) is 8.97. The minimum absolute atomic E-state index is 0.345. The van der Waals surface area contributed by atoms with Crippen molar-refractivity contribution >= 4 is 11.8 Å². The van der Waals surface area contributed by atoms with Crippen molar-refractivity contribution in [1.82, 2.24) is 10.2 Å². The lowest BCUT2D eigenvalue weighted by molar-refractivity contribution is -0.0260. The van der Waals surface area contributed by atoms with Gasteiger partial charge in [0.05, 0.1) is 6.61 Å². The lowest BCUT2D eigenvalue weighted by Gasteiger charge is -2.41. The van der Waals surface area contributed by atoms with E-state index in [-0.39, 0.29) is 0 Å². The first-order chi connectivity index (χ1) is 9.20. The van der Waals surface area contributed by atoms with Crippen LogP contribution in [0.4, 0.5) is 0 Å². The first kappa shape index (κ1) is 15.6. The smallest absolute Gasteiger partial charge is 0.0546 e. The van der Waals surface area contributed by atoms with Crippen LogP contribution in [-0.4, -0.2) is 61.8 Å². The van der Waals surface area contributed by atoms with E-state index in [1.807, 2.05) is 0 Å². The number of nitrogens with one attached hydrogen (secondary N) is 1. The fourth-order valence-electron chi connectivity index (χ4n) is 3.08. The Hall–Kier alpha value is 0.230. The van der Waals surface area contributed by atoms with E-state index in [0.717, 1.165) is 19.8 Å². The second kappa shape index (κ2) is 7.87. The average Bonchev–Trinajstić information content (AvgIpc) is 2.66. The summed E-state index contributed by atoms with van der Waals surface area (Å²) in [4.78, 5) is 2.68. The molecule has 0 aromatic carbocycles. The number of nitrogens with zero attached hydrogens (tertiary/aromatic N) is 1. The van der Waals surface area contributed by atoms with Crippen molar-refractivity contribution < 1.29 is 4.74 Å². The molecule has 112 valence electrons. The van der Waals surface area contributed by atoms with E-state index >= 15 is 0 Å². The van der Waals surface area contributed by atoms with Crippen LogP contribution in [0.3, 0.4) is 0 Å². The molecule has 1 N–H and O–H groups in total. The van der Waals surface area contributed by atoms with Crippen LogP contribution in [0.25, 0.3) is 0 Å². The van der Waals surface area contributed by atoms with Gasteiger partial charge >= 0.3 is 0 Å². The zero-order valence-corrected chi connectivity index (χ0v) is 13.4. The SMILES string of the molecule is CC(C)NCC1(CN2CCCSCC2)CCCOC1. The molecule has 3 nitrogen and oxygen atoms in total. The Labute approximate surface area is 122 Å². The summed E-state index contributed by atoms with van der Waals surface area (Å²) in [6, 6.07) is 0.568. The molecule has 2 aliphatic rings. The van der Waals surface area contributed by atoms with Gasteiger partial charge in [-0.15, -0.1) is 0 Å². The van der Waals surface area contributed by atoms with Gasteiger partial charge in [0.1, 0.15) is 0 Å². The van der Waals surface area contributed by atoms with Crippen molar-refractivity contribution in [2.24, 2.45) is 5.41 Å². The molecule has 19 heavy (non-hydrogen) atoms. The summed E-state index contributed by atoms with van der Waals surface area (Å²) < 4.78 is 5.82. The molecule has 0 saturated carbocycles. The van der Waals surface area contributed by atoms with Gasteiger partial charge in [-0.05, 0) is 31.6 Å². The standard InChI is InChI=1S/C15H30N2OS/c1-14(2)16-11-15(5-3-8-18-13-15)12-17-6-4-9-19-10-7-17/h14,16H,3-13H2,1-2H3. The summed E-state index contributed by atoms with van der Waals surface area (Å²) in [5.74, 6) is 2.64. The Morgan fingerprint density at radius 3 is 2.89 bits per heavy atom. The lowest BCUT2D eigenvalue weighted by Crippen LogP contribution is -2.50. The molecule has 2 saturated heterocycles. The number of thioether (sulfide) groups is 1. The third kappa shape index (κ3) is 5.25. The van der Waals surface area contributed by atoms with Gasteiger partial charge in [0.2, 0.25) is 0 Å². The highest BCUT2D eigenvalue weighted by Gasteiger charge is 2.34. The summed E-state index contributed by atoms with van der Waals surface area (Å²) in [5.41, 5.74) is 0.345. The molecule has 0 aromatic rings. The van der Waals surface area contributed by atoms with Crippen LogP contribution in [0.5, 0.6) is 0 Å². The summed E-state index contributed by atoms with van der Waals surface area (Å²) in [6.07, 6.45) is 3.89. The third-order valence-corrected chi connectivity index (χ3v) is 5.21. The van der Waals surface area contributed by atoms with Gasteiger partial charge in [0.15, 0.2) is 0 Å². The predicted molar refractivity (Wildman–Crippen MR) is 84.0 cm³/mol. The molecule has 2 heterocycles. The second-order valence-electron chi connectivity index (χ2n) is 6.43. The van der Waals surface area contributed by atoms with Gasteiger partial charge in [-0.2, -0.15) is 11.8 Å². The Morgan fingerprint density at radius 2 is 2.16 bits per heavy atom. The molecule has 0 spiro atoms. The van der Waals surface area contributed by atoms with E-state index in [4.69, 9.17) is 4.74 Å². The van der Waals surface area contributed by atoms with Crippen molar-refractivity contribution in [3.8, 4) is 0 Å². The Balaban J connectivity index is 1.91. The number of hydrogen-bond acceptors (Lipinski definition) is 4. The summed E-state index contributed by atoms with van der Waals surface area (Å²) in [6.45, 7) is 11.2. The Morgan fingerprint density at radius 1 is 1.26 bits per heavy atom. The van der Waals surface area contributed by atoms with Gasteiger partial charge < -0.3 is 15.0 Å². The van der Waals surface area contributed by atoms with Crippen LogP contribution in [0, 0.1) is 5.41 Å². The van der Waals surface area contributed by atoms with Crippen LogP contribution in [0.2, 0.25) is 0 Å². The second-order valence-corrected chi connectivity index (χ2v) is 7.66. The van der Waals surface area contributed by atoms with Gasteiger partial charge in [0.25, 0.3) is 0 Å². The average molecular weight is 286 g/mol.